The number of nitrogens with zero attached hydrogens (tertiary/aromatic N) is 1. The first kappa shape index (κ1) is 17.1. The van der Waals surface area contributed by atoms with Crippen molar-refractivity contribution in [1.29, 1.82) is 0 Å². The molecule has 0 N–H and O–H groups in total. The highest BCUT2D eigenvalue weighted by molar-refractivity contribution is 5.78. The molecule has 116 valence electrons. The number of esters is 1. The number of hydrogen-bond donors (Lipinski definition) is 0. The van der Waals surface area contributed by atoms with Crippen molar-refractivity contribution in [1.82, 2.24) is 4.90 Å². The summed E-state index contributed by atoms with van der Waals surface area (Å²) in [6.45, 7) is 0.672. The number of rotatable bonds is 8. The maximum Gasteiger partial charge on any atom is 0.307 e. The number of hydrogen-bond acceptors (Lipinski definition) is 4. The van der Waals surface area contributed by atoms with E-state index in [9.17, 15) is 14.0 Å². The zero-order valence-corrected chi connectivity index (χ0v) is 12.3. The van der Waals surface area contributed by atoms with Crippen LogP contribution in [0.5, 0.6) is 0 Å². The van der Waals surface area contributed by atoms with Gasteiger partial charge in [0.15, 0.2) is 0 Å². The Bertz CT molecular complexity index is 461. The summed E-state index contributed by atoms with van der Waals surface area (Å²) < 4.78 is 22.2. The van der Waals surface area contributed by atoms with Crippen LogP contribution >= 0.6 is 0 Å². The highest BCUT2D eigenvalue weighted by Gasteiger charge is 2.15. The van der Waals surface area contributed by atoms with Crippen LogP contribution in [0.1, 0.15) is 12.0 Å². The van der Waals surface area contributed by atoms with Gasteiger partial charge in [-0.2, -0.15) is 0 Å². The normalized spacial score (nSPS) is 10.2. The summed E-state index contributed by atoms with van der Waals surface area (Å²) >= 11 is 0. The summed E-state index contributed by atoms with van der Waals surface area (Å²) in [5.74, 6) is -0.854. The number of amides is 1. The second-order valence-corrected chi connectivity index (χ2v) is 4.52. The molecule has 0 bridgehead atoms. The van der Waals surface area contributed by atoms with Crippen LogP contribution in [0.15, 0.2) is 24.3 Å². The fraction of sp³-hybridized carbons (Fsp3) is 0.467. The molecule has 1 rings (SSSR count). The molecule has 5 nitrogen and oxygen atoms in total. The zero-order chi connectivity index (χ0) is 15.7. The van der Waals surface area contributed by atoms with E-state index in [1.807, 2.05) is 0 Å². The number of methoxy groups -OCH3 is 2. The van der Waals surface area contributed by atoms with Gasteiger partial charge >= 0.3 is 5.97 Å². The maximum absolute atomic E-state index is 12.8. The second-order valence-electron chi connectivity index (χ2n) is 4.52. The van der Waals surface area contributed by atoms with Gasteiger partial charge in [0.2, 0.25) is 5.91 Å². The lowest BCUT2D eigenvalue weighted by Crippen LogP contribution is -2.37. The fourth-order valence-corrected chi connectivity index (χ4v) is 1.82. The van der Waals surface area contributed by atoms with E-state index < -0.39 is 0 Å². The zero-order valence-electron chi connectivity index (χ0n) is 12.3. The summed E-state index contributed by atoms with van der Waals surface area (Å²) in [5.41, 5.74) is 0.921. The minimum atomic E-state index is -0.369. The molecule has 0 aliphatic carbocycles. The molecular weight excluding hydrogens is 277 g/mol. The number of carbonyl (C=O) groups is 2. The summed E-state index contributed by atoms with van der Waals surface area (Å²) in [7, 11) is 2.75. The SMILES string of the molecule is COCC(=O)N(CCC(=O)OC)CCc1ccc(F)cc1. The summed E-state index contributed by atoms with van der Waals surface area (Å²) in [5, 5.41) is 0. The predicted molar refractivity (Wildman–Crippen MR) is 75.2 cm³/mol. The summed E-state index contributed by atoms with van der Waals surface area (Å²) in [6.07, 6.45) is 0.715. The van der Waals surface area contributed by atoms with Crippen LogP contribution in [0.4, 0.5) is 4.39 Å². The molecule has 0 saturated heterocycles. The molecule has 21 heavy (non-hydrogen) atoms. The van der Waals surface area contributed by atoms with E-state index in [-0.39, 0.29) is 37.3 Å². The van der Waals surface area contributed by atoms with E-state index in [0.29, 0.717) is 13.0 Å². The fourth-order valence-electron chi connectivity index (χ4n) is 1.82. The van der Waals surface area contributed by atoms with Gasteiger partial charge in [-0.1, -0.05) is 12.1 Å². The third kappa shape index (κ3) is 6.35. The Hall–Kier alpha value is -1.95. The van der Waals surface area contributed by atoms with Crippen LogP contribution in [0, 0.1) is 5.82 Å². The van der Waals surface area contributed by atoms with Crippen LogP contribution in [-0.2, 0) is 25.5 Å². The molecule has 0 saturated carbocycles. The number of benzene rings is 1. The quantitative estimate of drug-likeness (QED) is 0.681. The smallest absolute Gasteiger partial charge is 0.307 e. The molecule has 0 fully saturated rings. The van der Waals surface area contributed by atoms with Crippen molar-refractivity contribution < 1.29 is 23.5 Å². The molecular formula is C15H20FNO4. The van der Waals surface area contributed by atoms with Crippen molar-refractivity contribution in [3.8, 4) is 0 Å². The van der Waals surface area contributed by atoms with E-state index in [1.54, 1.807) is 17.0 Å². The van der Waals surface area contributed by atoms with Crippen LogP contribution < -0.4 is 0 Å². The molecule has 0 aliphatic rings. The van der Waals surface area contributed by atoms with Gasteiger partial charge in [0.25, 0.3) is 0 Å². The molecule has 6 heteroatoms. The first-order valence-corrected chi connectivity index (χ1v) is 6.64. The topological polar surface area (TPSA) is 55.8 Å². The van der Waals surface area contributed by atoms with Gasteiger partial charge in [0.1, 0.15) is 12.4 Å². The van der Waals surface area contributed by atoms with Crippen molar-refractivity contribution in [2.45, 2.75) is 12.8 Å². The number of carbonyl (C=O) groups excluding carboxylic acids is 2. The highest BCUT2D eigenvalue weighted by atomic mass is 19.1. The van der Waals surface area contributed by atoms with Gasteiger partial charge in [0, 0.05) is 20.2 Å². The van der Waals surface area contributed by atoms with Crippen molar-refractivity contribution in [2.75, 3.05) is 33.9 Å². The van der Waals surface area contributed by atoms with Gasteiger partial charge in [-0.3, -0.25) is 9.59 Å². The average molecular weight is 297 g/mol. The molecule has 1 aromatic carbocycles. The third-order valence-corrected chi connectivity index (χ3v) is 3.02. The Labute approximate surface area is 123 Å². The summed E-state index contributed by atoms with van der Waals surface area (Å²) in [6, 6.07) is 6.11. The van der Waals surface area contributed by atoms with Crippen LogP contribution in [0.2, 0.25) is 0 Å². The third-order valence-electron chi connectivity index (χ3n) is 3.02. The minimum Gasteiger partial charge on any atom is -0.469 e. The van der Waals surface area contributed by atoms with Crippen molar-refractivity contribution in [3.05, 3.63) is 35.6 Å². The Balaban J connectivity index is 2.56. The van der Waals surface area contributed by atoms with Crippen molar-refractivity contribution >= 4 is 11.9 Å². The molecule has 0 radical (unpaired) electrons. The van der Waals surface area contributed by atoms with Gasteiger partial charge in [-0.15, -0.1) is 0 Å². The van der Waals surface area contributed by atoms with E-state index in [1.165, 1.54) is 26.4 Å². The first-order chi connectivity index (χ1) is 10.1. The lowest BCUT2D eigenvalue weighted by Gasteiger charge is -2.22. The predicted octanol–water partition coefficient (Wildman–Crippen LogP) is 1.41. The number of ether oxygens (including phenoxy) is 2. The Morgan fingerprint density at radius 1 is 1.14 bits per heavy atom. The second kappa shape index (κ2) is 9.07. The minimum absolute atomic E-state index is 0.0371. The van der Waals surface area contributed by atoms with Crippen molar-refractivity contribution in [3.63, 3.8) is 0 Å². The van der Waals surface area contributed by atoms with E-state index in [2.05, 4.69) is 4.74 Å². The standard InChI is InChI=1S/C15H20FNO4/c1-20-11-14(18)17(10-8-15(19)21-2)9-7-12-3-5-13(16)6-4-12/h3-6H,7-11H2,1-2H3. The highest BCUT2D eigenvalue weighted by Crippen LogP contribution is 2.05. The van der Waals surface area contributed by atoms with E-state index in [4.69, 9.17) is 4.74 Å². The van der Waals surface area contributed by atoms with Gasteiger partial charge < -0.3 is 14.4 Å². The Morgan fingerprint density at radius 3 is 2.38 bits per heavy atom. The average Bonchev–Trinajstić information content (AvgIpc) is 2.48. The largest absolute Gasteiger partial charge is 0.469 e. The monoisotopic (exact) mass is 297 g/mol. The molecule has 0 spiro atoms. The molecule has 0 unspecified atom stereocenters. The molecule has 0 atom stereocenters. The Morgan fingerprint density at radius 2 is 1.81 bits per heavy atom. The number of halogens is 1. The summed E-state index contributed by atoms with van der Waals surface area (Å²) in [4.78, 5) is 24.6. The van der Waals surface area contributed by atoms with E-state index in [0.717, 1.165) is 5.56 Å². The van der Waals surface area contributed by atoms with Gasteiger partial charge in [-0.25, -0.2) is 4.39 Å². The van der Waals surface area contributed by atoms with Crippen LogP contribution in [-0.4, -0.2) is 50.7 Å². The van der Waals surface area contributed by atoms with E-state index >= 15 is 0 Å². The molecule has 1 amide bonds. The molecule has 0 aromatic heterocycles. The molecule has 1 aromatic rings. The maximum atomic E-state index is 12.8. The molecule has 0 aliphatic heterocycles. The van der Waals surface area contributed by atoms with Gasteiger partial charge in [0.05, 0.1) is 13.5 Å². The lowest BCUT2D eigenvalue weighted by atomic mass is 10.1. The lowest BCUT2D eigenvalue weighted by molar-refractivity contribution is -0.142. The molecule has 0 heterocycles. The van der Waals surface area contributed by atoms with Crippen molar-refractivity contribution in [2.24, 2.45) is 0 Å². The van der Waals surface area contributed by atoms with Gasteiger partial charge in [-0.05, 0) is 24.1 Å². The first-order valence-electron chi connectivity index (χ1n) is 6.64. The Kier molecular flexibility index (Phi) is 7.39. The van der Waals surface area contributed by atoms with Crippen LogP contribution in [0.3, 0.4) is 0 Å². The van der Waals surface area contributed by atoms with Crippen LogP contribution in [0.25, 0.3) is 0 Å².